The number of benzene rings is 1. The average Bonchev–Trinajstić information content (AvgIpc) is 2.80. The third-order valence-corrected chi connectivity index (χ3v) is 7.68. The number of hydrogen-bond acceptors (Lipinski definition) is 6. The van der Waals surface area contributed by atoms with Crippen molar-refractivity contribution in [3.05, 3.63) is 35.4 Å². The standard InChI is InChI=1S/C15H19N2O6PS/c1-3-23-24(22,16-10(2)15(20)21)25-9-8-17-13(18)11-6-4-5-7-12(11)14(17)19/h4-7,10H,3,8-9H2,1-2H3,(H,16,22)(H,20,21)/t10?,24-/m1/s1. The van der Waals surface area contributed by atoms with Crippen LogP contribution in [0.5, 0.6) is 0 Å². The second-order valence-electron chi connectivity index (χ2n) is 5.25. The Kier molecular flexibility index (Phi) is 6.40. The first-order valence-corrected chi connectivity index (χ1v) is 10.9. The van der Waals surface area contributed by atoms with Crippen LogP contribution in [0.15, 0.2) is 24.3 Å². The van der Waals surface area contributed by atoms with Crippen LogP contribution in [0.25, 0.3) is 0 Å². The molecule has 1 aromatic rings. The summed E-state index contributed by atoms with van der Waals surface area (Å²) in [6.45, 7) is -0.271. The van der Waals surface area contributed by atoms with E-state index in [2.05, 4.69) is 5.09 Å². The van der Waals surface area contributed by atoms with E-state index in [0.717, 1.165) is 16.3 Å². The van der Waals surface area contributed by atoms with Gasteiger partial charge in [-0.25, -0.2) is 5.09 Å². The number of carboxylic acids is 1. The second-order valence-corrected chi connectivity index (χ2v) is 9.64. The maximum Gasteiger partial charge on any atom is 0.327 e. The van der Waals surface area contributed by atoms with Gasteiger partial charge in [-0.05, 0) is 26.0 Å². The Bertz CT molecular complexity index is 705. The largest absolute Gasteiger partial charge is 0.480 e. The highest BCUT2D eigenvalue weighted by Crippen LogP contribution is 2.56. The van der Waals surface area contributed by atoms with Gasteiger partial charge >= 0.3 is 12.7 Å². The molecule has 25 heavy (non-hydrogen) atoms. The molecule has 136 valence electrons. The normalized spacial score (nSPS) is 17.3. The fourth-order valence-electron chi connectivity index (χ4n) is 2.27. The summed E-state index contributed by atoms with van der Waals surface area (Å²) in [5.74, 6) is -1.78. The molecule has 10 heteroatoms. The van der Waals surface area contributed by atoms with Crippen molar-refractivity contribution < 1.29 is 28.6 Å². The summed E-state index contributed by atoms with van der Waals surface area (Å²) < 4.78 is 17.8. The van der Waals surface area contributed by atoms with Crippen LogP contribution in [0, 0.1) is 0 Å². The Morgan fingerprint density at radius 2 is 1.88 bits per heavy atom. The van der Waals surface area contributed by atoms with Crippen molar-refractivity contribution in [3.63, 3.8) is 0 Å². The lowest BCUT2D eigenvalue weighted by Crippen LogP contribution is -2.33. The molecule has 2 N–H and O–H groups in total. The van der Waals surface area contributed by atoms with E-state index in [-0.39, 0.29) is 30.7 Å². The van der Waals surface area contributed by atoms with Crippen LogP contribution in [-0.4, -0.2) is 52.7 Å². The number of hydrogen-bond donors (Lipinski definition) is 2. The number of amides is 2. The maximum absolute atomic E-state index is 12.7. The molecule has 8 nitrogen and oxygen atoms in total. The summed E-state index contributed by atoms with van der Waals surface area (Å²) in [5.41, 5.74) is 0.700. The Balaban J connectivity index is 1.99. The number of nitrogens with one attached hydrogen (secondary N) is 1. The SMILES string of the molecule is CCO[P@](=O)(NC(C)C(=O)O)SCCN1C(=O)c2ccccc2C1=O. The number of carbonyl (C=O) groups is 3. The summed E-state index contributed by atoms with van der Waals surface area (Å²) >= 11 is 0.877. The highest BCUT2D eigenvalue weighted by molar-refractivity contribution is 8.56. The van der Waals surface area contributed by atoms with E-state index in [1.807, 2.05) is 0 Å². The third kappa shape index (κ3) is 4.49. The van der Waals surface area contributed by atoms with E-state index < -0.39 is 18.7 Å². The smallest absolute Gasteiger partial charge is 0.327 e. The Morgan fingerprint density at radius 1 is 1.32 bits per heavy atom. The number of carboxylic acid groups (broad SMARTS) is 1. The van der Waals surface area contributed by atoms with Gasteiger partial charge in [-0.15, -0.1) is 0 Å². The third-order valence-electron chi connectivity index (χ3n) is 3.48. The van der Waals surface area contributed by atoms with E-state index in [4.69, 9.17) is 9.63 Å². The van der Waals surface area contributed by atoms with Crippen LogP contribution in [-0.2, 0) is 13.9 Å². The zero-order valence-electron chi connectivity index (χ0n) is 13.8. The summed E-state index contributed by atoms with van der Waals surface area (Å²) in [6, 6.07) is 5.49. The minimum atomic E-state index is -3.46. The highest BCUT2D eigenvalue weighted by Gasteiger charge is 2.36. The van der Waals surface area contributed by atoms with E-state index in [1.165, 1.54) is 6.92 Å². The fourth-order valence-corrected chi connectivity index (χ4v) is 6.13. The molecular weight excluding hydrogens is 367 g/mol. The predicted molar refractivity (Wildman–Crippen MR) is 93.7 cm³/mol. The molecule has 2 amide bonds. The van der Waals surface area contributed by atoms with Crippen molar-refractivity contribution in [1.29, 1.82) is 0 Å². The van der Waals surface area contributed by atoms with Crippen LogP contribution in [0.3, 0.4) is 0 Å². The maximum atomic E-state index is 12.7. The van der Waals surface area contributed by atoms with Crippen LogP contribution in [0.4, 0.5) is 0 Å². The molecule has 0 radical (unpaired) electrons. The van der Waals surface area contributed by atoms with Crippen molar-refractivity contribution in [3.8, 4) is 0 Å². The van der Waals surface area contributed by atoms with Crippen molar-refractivity contribution in [2.75, 3.05) is 18.9 Å². The van der Waals surface area contributed by atoms with Gasteiger partial charge in [-0.2, -0.15) is 0 Å². The molecular formula is C15H19N2O6PS. The second kappa shape index (κ2) is 8.14. The lowest BCUT2D eigenvalue weighted by Gasteiger charge is -2.21. The summed E-state index contributed by atoms with van der Waals surface area (Å²) in [7, 11) is 0. The Hall–Kier alpha value is -1.67. The zero-order chi connectivity index (χ0) is 18.6. The highest BCUT2D eigenvalue weighted by atomic mass is 32.7. The topological polar surface area (TPSA) is 113 Å². The first-order chi connectivity index (χ1) is 11.8. The van der Waals surface area contributed by atoms with Crippen molar-refractivity contribution in [2.24, 2.45) is 0 Å². The minimum Gasteiger partial charge on any atom is -0.480 e. The molecule has 0 saturated heterocycles. The molecule has 0 aliphatic carbocycles. The lowest BCUT2D eigenvalue weighted by atomic mass is 10.1. The van der Waals surface area contributed by atoms with Gasteiger partial charge in [0, 0.05) is 12.3 Å². The van der Waals surface area contributed by atoms with Gasteiger partial charge in [0.2, 0.25) is 0 Å². The molecule has 1 aromatic carbocycles. The molecule has 1 aliphatic heterocycles. The summed E-state index contributed by atoms with van der Waals surface area (Å²) in [4.78, 5) is 36.5. The van der Waals surface area contributed by atoms with Crippen LogP contribution >= 0.6 is 18.1 Å². The van der Waals surface area contributed by atoms with Gasteiger partial charge < -0.3 is 9.63 Å². The van der Waals surface area contributed by atoms with Crippen LogP contribution < -0.4 is 5.09 Å². The minimum absolute atomic E-state index is 0.0528. The Labute approximate surface area is 149 Å². The monoisotopic (exact) mass is 386 g/mol. The molecule has 0 bridgehead atoms. The van der Waals surface area contributed by atoms with Crippen molar-refractivity contribution in [2.45, 2.75) is 19.9 Å². The number of fused-ring (bicyclic) bond motifs is 1. The molecule has 2 rings (SSSR count). The first kappa shape index (κ1) is 19.7. The summed E-state index contributed by atoms with van der Waals surface area (Å²) in [6.07, 6.45) is 0. The van der Waals surface area contributed by atoms with Crippen LogP contribution in [0.1, 0.15) is 34.6 Å². The van der Waals surface area contributed by atoms with Crippen molar-refractivity contribution >= 4 is 35.9 Å². The molecule has 0 fully saturated rings. The molecule has 0 spiro atoms. The van der Waals surface area contributed by atoms with E-state index in [9.17, 15) is 18.9 Å². The molecule has 1 aliphatic rings. The number of imide groups is 1. The average molecular weight is 386 g/mol. The van der Waals surface area contributed by atoms with Crippen molar-refractivity contribution in [1.82, 2.24) is 9.99 Å². The van der Waals surface area contributed by atoms with Gasteiger partial charge in [0.15, 0.2) is 0 Å². The Morgan fingerprint density at radius 3 is 2.36 bits per heavy atom. The molecule has 0 aromatic heterocycles. The number of aliphatic carboxylic acids is 1. The van der Waals surface area contributed by atoms with Gasteiger partial charge in [0.25, 0.3) is 11.8 Å². The first-order valence-electron chi connectivity index (χ1n) is 7.64. The van der Waals surface area contributed by atoms with Gasteiger partial charge in [-0.3, -0.25) is 23.8 Å². The van der Waals surface area contributed by atoms with E-state index >= 15 is 0 Å². The quantitative estimate of drug-likeness (QED) is 0.491. The number of rotatable bonds is 9. The van der Waals surface area contributed by atoms with Gasteiger partial charge in [0.05, 0.1) is 17.7 Å². The van der Waals surface area contributed by atoms with Gasteiger partial charge in [0.1, 0.15) is 6.04 Å². The molecule has 0 saturated carbocycles. The number of nitrogens with zero attached hydrogens (tertiary/aromatic N) is 1. The van der Waals surface area contributed by atoms with E-state index in [0.29, 0.717) is 11.1 Å². The van der Waals surface area contributed by atoms with Crippen LogP contribution in [0.2, 0.25) is 0 Å². The fraction of sp³-hybridized carbons (Fsp3) is 0.400. The molecule has 1 heterocycles. The lowest BCUT2D eigenvalue weighted by molar-refractivity contribution is -0.138. The summed E-state index contributed by atoms with van der Waals surface area (Å²) in [5, 5.41) is 11.4. The molecule has 2 atom stereocenters. The molecule has 1 unspecified atom stereocenters. The predicted octanol–water partition coefficient (Wildman–Crippen LogP) is 2.22. The zero-order valence-corrected chi connectivity index (χ0v) is 15.5. The number of carbonyl (C=O) groups excluding carboxylic acids is 2. The van der Waals surface area contributed by atoms with E-state index in [1.54, 1.807) is 31.2 Å². The van der Waals surface area contributed by atoms with Gasteiger partial charge in [-0.1, -0.05) is 23.5 Å².